The van der Waals surface area contributed by atoms with E-state index < -0.39 is 5.97 Å². The van der Waals surface area contributed by atoms with E-state index in [1.54, 1.807) is 7.11 Å². The summed E-state index contributed by atoms with van der Waals surface area (Å²) in [5, 5.41) is 0. The molecule has 0 spiro atoms. The van der Waals surface area contributed by atoms with Gasteiger partial charge in [0.1, 0.15) is 11.9 Å². The zero-order valence-corrected chi connectivity index (χ0v) is 14.4. The van der Waals surface area contributed by atoms with Crippen molar-refractivity contribution in [3.63, 3.8) is 0 Å². The Morgan fingerprint density at radius 3 is 2.43 bits per heavy atom. The molecule has 3 atom stereocenters. The zero-order valence-electron chi connectivity index (χ0n) is 14.4. The molecule has 0 radical (unpaired) electrons. The molecule has 1 aliphatic carbocycles. The number of hydrogen-bond donors (Lipinski definition) is 0. The molecule has 0 saturated heterocycles. The van der Waals surface area contributed by atoms with Gasteiger partial charge in [0.25, 0.3) is 0 Å². The first kappa shape index (κ1) is 17.5. The highest BCUT2D eigenvalue weighted by molar-refractivity contribution is 6.20. The van der Waals surface area contributed by atoms with Gasteiger partial charge in [0.2, 0.25) is 6.29 Å². The molecule has 1 fully saturated rings. The third-order valence-corrected chi connectivity index (χ3v) is 5.18. The van der Waals surface area contributed by atoms with E-state index in [0.29, 0.717) is 5.92 Å². The summed E-state index contributed by atoms with van der Waals surface area (Å²) in [5.74, 6) is 0.753. The summed E-state index contributed by atoms with van der Waals surface area (Å²) in [4.78, 5) is 22.1. The molecule has 0 unspecified atom stereocenters. The van der Waals surface area contributed by atoms with Crippen LogP contribution in [0, 0.1) is 11.8 Å². The van der Waals surface area contributed by atoms with Gasteiger partial charge in [-0.15, -0.1) is 0 Å². The number of methoxy groups -OCH3 is 1. The third-order valence-electron chi connectivity index (χ3n) is 5.18. The molecule has 2 rings (SSSR count). The van der Waals surface area contributed by atoms with Gasteiger partial charge in [-0.1, -0.05) is 39.3 Å². The topological polar surface area (TPSA) is 52.6 Å². The Morgan fingerprint density at radius 2 is 1.87 bits per heavy atom. The summed E-state index contributed by atoms with van der Waals surface area (Å²) in [6.45, 7) is 6.52. The minimum Gasteiger partial charge on any atom is -0.497 e. The Morgan fingerprint density at radius 1 is 1.22 bits per heavy atom. The van der Waals surface area contributed by atoms with Gasteiger partial charge in [-0.2, -0.15) is 0 Å². The smallest absolute Gasteiger partial charge is 0.371 e. The Labute approximate surface area is 138 Å². The van der Waals surface area contributed by atoms with Crippen LogP contribution < -0.4 is 4.74 Å². The van der Waals surface area contributed by atoms with Crippen molar-refractivity contribution in [1.82, 2.24) is 0 Å². The first-order valence-electron chi connectivity index (χ1n) is 8.18. The monoisotopic (exact) mass is 318 g/mol. The van der Waals surface area contributed by atoms with Gasteiger partial charge in [0, 0.05) is 5.92 Å². The SMILES string of the molecule is COc1ccc(C(C)(C)[C@@H]2CC[C@@H](C)C[C@H]2OC(=O)C=O)cc1. The van der Waals surface area contributed by atoms with Crippen LogP contribution in [0.4, 0.5) is 0 Å². The van der Waals surface area contributed by atoms with E-state index in [1.807, 2.05) is 12.1 Å². The summed E-state index contributed by atoms with van der Waals surface area (Å²) in [6, 6.07) is 8.04. The van der Waals surface area contributed by atoms with Crippen LogP contribution >= 0.6 is 0 Å². The maximum atomic E-state index is 11.5. The molecule has 1 aromatic rings. The predicted molar refractivity (Wildman–Crippen MR) is 88.5 cm³/mol. The third kappa shape index (κ3) is 3.92. The lowest BCUT2D eigenvalue weighted by Gasteiger charge is -2.43. The molecule has 0 bridgehead atoms. The van der Waals surface area contributed by atoms with E-state index in [4.69, 9.17) is 9.47 Å². The van der Waals surface area contributed by atoms with E-state index in [0.717, 1.165) is 25.0 Å². The normalized spacial score (nSPS) is 24.8. The zero-order chi connectivity index (χ0) is 17.0. The van der Waals surface area contributed by atoms with Gasteiger partial charge in [-0.25, -0.2) is 4.79 Å². The van der Waals surface area contributed by atoms with Crippen molar-refractivity contribution >= 4 is 12.3 Å². The Kier molecular flexibility index (Phi) is 5.45. The van der Waals surface area contributed by atoms with Crippen molar-refractivity contribution in [3.8, 4) is 5.75 Å². The molecule has 4 nitrogen and oxygen atoms in total. The minimum absolute atomic E-state index is 0.153. The number of benzene rings is 1. The van der Waals surface area contributed by atoms with Crippen LogP contribution in [0.3, 0.4) is 0 Å². The number of aldehydes is 1. The maximum absolute atomic E-state index is 11.5. The van der Waals surface area contributed by atoms with Gasteiger partial charge < -0.3 is 9.47 Å². The molecule has 1 aliphatic rings. The van der Waals surface area contributed by atoms with E-state index in [1.165, 1.54) is 5.56 Å². The van der Waals surface area contributed by atoms with Crippen LogP contribution in [0.1, 0.15) is 45.6 Å². The van der Waals surface area contributed by atoms with E-state index in [-0.39, 0.29) is 23.7 Å². The fourth-order valence-electron chi connectivity index (χ4n) is 3.70. The lowest BCUT2D eigenvalue weighted by Crippen LogP contribution is -2.43. The van der Waals surface area contributed by atoms with Gasteiger partial charge in [-0.05, 0) is 41.9 Å². The number of rotatable bonds is 5. The van der Waals surface area contributed by atoms with Crippen molar-refractivity contribution in [1.29, 1.82) is 0 Å². The molecular weight excluding hydrogens is 292 g/mol. The number of carbonyl (C=O) groups excluding carboxylic acids is 2. The molecule has 23 heavy (non-hydrogen) atoms. The molecular formula is C19H26O4. The van der Waals surface area contributed by atoms with E-state index >= 15 is 0 Å². The molecule has 126 valence electrons. The number of ether oxygens (including phenoxy) is 2. The fourth-order valence-corrected chi connectivity index (χ4v) is 3.70. The van der Waals surface area contributed by atoms with Gasteiger partial charge in [0.05, 0.1) is 7.11 Å². The standard InChI is InChI=1S/C19H26O4/c1-13-5-10-16(17(11-13)23-18(21)12-20)19(2,3)14-6-8-15(22-4)9-7-14/h6-9,12-13,16-17H,5,10-11H2,1-4H3/t13-,16-,17-/m1/s1. The second kappa shape index (κ2) is 7.16. The Bertz CT molecular complexity index is 547. The quantitative estimate of drug-likeness (QED) is 0.473. The summed E-state index contributed by atoms with van der Waals surface area (Å²) >= 11 is 0. The van der Waals surface area contributed by atoms with Gasteiger partial charge >= 0.3 is 5.97 Å². The van der Waals surface area contributed by atoms with Crippen molar-refractivity contribution in [2.24, 2.45) is 11.8 Å². The van der Waals surface area contributed by atoms with Crippen molar-refractivity contribution < 1.29 is 19.1 Å². The fraction of sp³-hybridized carbons (Fsp3) is 0.579. The van der Waals surface area contributed by atoms with Crippen molar-refractivity contribution in [3.05, 3.63) is 29.8 Å². The lowest BCUT2D eigenvalue weighted by molar-refractivity contribution is -0.159. The van der Waals surface area contributed by atoms with E-state index in [9.17, 15) is 9.59 Å². The summed E-state index contributed by atoms with van der Waals surface area (Å²) in [7, 11) is 1.65. The summed E-state index contributed by atoms with van der Waals surface area (Å²) < 4.78 is 10.7. The second-order valence-corrected chi connectivity index (χ2v) is 7.07. The first-order valence-corrected chi connectivity index (χ1v) is 8.18. The van der Waals surface area contributed by atoms with Crippen molar-refractivity contribution in [2.75, 3.05) is 7.11 Å². The first-order chi connectivity index (χ1) is 10.9. The van der Waals surface area contributed by atoms with Gasteiger partial charge in [-0.3, -0.25) is 4.79 Å². The molecule has 0 amide bonds. The lowest BCUT2D eigenvalue weighted by atomic mass is 9.64. The molecule has 4 heteroatoms. The Balaban J connectivity index is 2.25. The van der Waals surface area contributed by atoms with Crippen LogP contribution in [0.15, 0.2) is 24.3 Å². The molecule has 0 N–H and O–H groups in total. The Hall–Kier alpha value is -1.84. The highest BCUT2D eigenvalue weighted by atomic mass is 16.5. The predicted octanol–water partition coefficient (Wildman–Crippen LogP) is 3.52. The molecule has 1 saturated carbocycles. The van der Waals surface area contributed by atoms with Crippen LogP contribution in [0.25, 0.3) is 0 Å². The van der Waals surface area contributed by atoms with Crippen molar-refractivity contribution in [2.45, 2.75) is 51.6 Å². The highest BCUT2D eigenvalue weighted by Crippen LogP contribution is 2.43. The molecule has 1 aromatic carbocycles. The average Bonchev–Trinajstić information content (AvgIpc) is 2.54. The van der Waals surface area contributed by atoms with Crippen LogP contribution in [-0.2, 0) is 19.7 Å². The highest BCUT2D eigenvalue weighted by Gasteiger charge is 2.41. The van der Waals surface area contributed by atoms with Crippen LogP contribution in [0.5, 0.6) is 5.75 Å². The molecule has 0 aromatic heterocycles. The number of carbonyl (C=O) groups is 2. The maximum Gasteiger partial charge on any atom is 0.371 e. The minimum atomic E-state index is -0.764. The van der Waals surface area contributed by atoms with E-state index in [2.05, 4.69) is 32.9 Å². The number of esters is 1. The summed E-state index contributed by atoms with van der Waals surface area (Å²) in [5.41, 5.74) is 1.03. The summed E-state index contributed by atoms with van der Waals surface area (Å²) in [6.07, 6.45) is 2.95. The van der Waals surface area contributed by atoms with Crippen LogP contribution in [-0.4, -0.2) is 25.5 Å². The second-order valence-electron chi connectivity index (χ2n) is 7.07. The largest absolute Gasteiger partial charge is 0.497 e. The van der Waals surface area contributed by atoms with Crippen LogP contribution in [0.2, 0.25) is 0 Å². The average molecular weight is 318 g/mol. The molecule has 0 aliphatic heterocycles. The van der Waals surface area contributed by atoms with Gasteiger partial charge in [0.15, 0.2) is 0 Å². The number of hydrogen-bond acceptors (Lipinski definition) is 4. The molecule has 0 heterocycles.